The molecule has 1 N–H and O–H groups in total. The Labute approximate surface area is 123 Å². The van der Waals surface area contributed by atoms with Gasteiger partial charge in [-0.15, -0.1) is 0 Å². The van der Waals surface area contributed by atoms with Crippen molar-refractivity contribution in [1.29, 1.82) is 0 Å². The molecule has 0 aromatic heterocycles. The van der Waals surface area contributed by atoms with E-state index in [9.17, 15) is 14.7 Å². The van der Waals surface area contributed by atoms with Gasteiger partial charge in [-0.05, 0) is 43.9 Å². The number of hydrogen-bond donors (Lipinski definition) is 1. The molecule has 5 heteroatoms. The Hall–Kier alpha value is -1.88. The summed E-state index contributed by atoms with van der Waals surface area (Å²) in [6, 6.07) is 5.16. The topological polar surface area (TPSA) is 66.8 Å². The summed E-state index contributed by atoms with van der Waals surface area (Å²) in [5.74, 6) is -0.985. The SMILES string of the molecule is CC1CC(C(=O)N2CCCc3c(C(=O)O)cccc32)CO1. The minimum absolute atomic E-state index is 0.0582. The maximum Gasteiger partial charge on any atom is 0.336 e. The van der Waals surface area contributed by atoms with Crippen LogP contribution in [0.5, 0.6) is 0 Å². The molecule has 1 saturated heterocycles. The summed E-state index contributed by atoms with van der Waals surface area (Å²) in [6.07, 6.45) is 2.36. The van der Waals surface area contributed by atoms with E-state index < -0.39 is 5.97 Å². The molecule has 3 rings (SSSR count). The van der Waals surface area contributed by atoms with Crippen molar-refractivity contribution < 1.29 is 19.4 Å². The van der Waals surface area contributed by atoms with Crippen molar-refractivity contribution in [3.63, 3.8) is 0 Å². The van der Waals surface area contributed by atoms with Gasteiger partial charge < -0.3 is 14.7 Å². The van der Waals surface area contributed by atoms with Crippen LogP contribution in [-0.2, 0) is 16.0 Å². The van der Waals surface area contributed by atoms with Gasteiger partial charge >= 0.3 is 5.97 Å². The molecule has 0 spiro atoms. The normalized spacial score (nSPS) is 24.7. The molecule has 0 bridgehead atoms. The van der Waals surface area contributed by atoms with Crippen molar-refractivity contribution in [2.45, 2.75) is 32.3 Å². The summed E-state index contributed by atoms with van der Waals surface area (Å²) in [6.45, 7) is 3.09. The van der Waals surface area contributed by atoms with Crippen molar-refractivity contribution in [1.82, 2.24) is 0 Å². The third-order valence-corrected chi connectivity index (χ3v) is 4.29. The highest BCUT2D eigenvalue weighted by atomic mass is 16.5. The van der Waals surface area contributed by atoms with Crippen LogP contribution >= 0.6 is 0 Å². The van der Waals surface area contributed by atoms with E-state index in [0.717, 1.165) is 24.1 Å². The van der Waals surface area contributed by atoms with Crippen molar-refractivity contribution in [3.8, 4) is 0 Å². The summed E-state index contributed by atoms with van der Waals surface area (Å²) >= 11 is 0. The van der Waals surface area contributed by atoms with Crippen LogP contribution in [0, 0.1) is 5.92 Å². The number of carbonyl (C=O) groups is 2. The predicted molar refractivity (Wildman–Crippen MR) is 77.6 cm³/mol. The maximum atomic E-state index is 12.7. The standard InChI is InChI=1S/C16H19NO4/c1-10-8-11(9-21-10)15(18)17-7-3-5-12-13(16(19)20)4-2-6-14(12)17/h2,4,6,10-11H,3,5,7-9H2,1H3,(H,19,20). The molecule has 2 aliphatic heterocycles. The van der Waals surface area contributed by atoms with Crippen molar-refractivity contribution in [2.24, 2.45) is 5.92 Å². The number of nitrogens with zero attached hydrogens (tertiary/aromatic N) is 1. The molecule has 1 aromatic carbocycles. The highest BCUT2D eigenvalue weighted by molar-refractivity contribution is 5.99. The zero-order chi connectivity index (χ0) is 15.0. The average Bonchev–Trinajstić information content (AvgIpc) is 2.91. The summed E-state index contributed by atoms with van der Waals surface area (Å²) in [5, 5.41) is 9.29. The van der Waals surface area contributed by atoms with Crippen molar-refractivity contribution in [3.05, 3.63) is 29.3 Å². The predicted octanol–water partition coefficient (Wildman–Crippen LogP) is 2.09. The fourth-order valence-corrected chi connectivity index (χ4v) is 3.26. The first kappa shape index (κ1) is 14.1. The molecule has 0 radical (unpaired) electrons. The fraction of sp³-hybridized carbons (Fsp3) is 0.500. The Balaban J connectivity index is 1.92. The Morgan fingerprint density at radius 3 is 2.86 bits per heavy atom. The number of rotatable bonds is 2. The lowest BCUT2D eigenvalue weighted by Gasteiger charge is -2.32. The highest BCUT2D eigenvalue weighted by Crippen LogP contribution is 2.32. The van der Waals surface area contributed by atoms with E-state index in [1.54, 1.807) is 17.0 Å². The number of benzene rings is 1. The Kier molecular flexibility index (Phi) is 3.68. The minimum Gasteiger partial charge on any atom is -0.478 e. The third kappa shape index (κ3) is 2.53. The zero-order valence-electron chi connectivity index (χ0n) is 12.0. The van der Waals surface area contributed by atoms with Crippen molar-refractivity contribution >= 4 is 17.6 Å². The molecule has 2 unspecified atom stereocenters. The number of amides is 1. The molecule has 0 saturated carbocycles. The van der Waals surface area contributed by atoms with Gasteiger partial charge in [-0.3, -0.25) is 4.79 Å². The third-order valence-electron chi connectivity index (χ3n) is 4.29. The average molecular weight is 289 g/mol. The molecular weight excluding hydrogens is 270 g/mol. The van der Waals surface area contributed by atoms with Crippen LogP contribution in [0.4, 0.5) is 5.69 Å². The van der Waals surface area contributed by atoms with E-state index in [2.05, 4.69) is 0 Å². The number of anilines is 1. The highest BCUT2D eigenvalue weighted by Gasteiger charge is 2.34. The van der Waals surface area contributed by atoms with Gasteiger partial charge in [0.05, 0.1) is 24.2 Å². The molecule has 112 valence electrons. The van der Waals surface area contributed by atoms with Gasteiger partial charge in [-0.2, -0.15) is 0 Å². The minimum atomic E-state index is -0.932. The number of carboxylic acid groups (broad SMARTS) is 1. The summed E-state index contributed by atoms with van der Waals surface area (Å²) in [4.78, 5) is 25.8. The molecule has 0 aliphatic carbocycles. The summed E-state index contributed by atoms with van der Waals surface area (Å²) in [5.41, 5.74) is 1.84. The molecule has 1 amide bonds. The van der Waals surface area contributed by atoms with Gasteiger partial charge in [-0.25, -0.2) is 4.79 Å². The van der Waals surface area contributed by atoms with Crippen molar-refractivity contribution in [2.75, 3.05) is 18.1 Å². The smallest absolute Gasteiger partial charge is 0.336 e. The first-order chi connectivity index (χ1) is 10.1. The van der Waals surface area contributed by atoms with Gasteiger partial charge in [0.15, 0.2) is 0 Å². The van der Waals surface area contributed by atoms with Crippen LogP contribution < -0.4 is 4.90 Å². The van der Waals surface area contributed by atoms with E-state index in [0.29, 0.717) is 25.1 Å². The molecule has 1 aromatic rings. The first-order valence-corrected chi connectivity index (χ1v) is 7.36. The fourth-order valence-electron chi connectivity index (χ4n) is 3.26. The second-order valence-corrected chi connectivity index (χ2v) is 5.78. The molecule has 2 atom stereocenters. The molecule has 2 heterocycles. The Bertz CT molecular complexity index is 584. The zero-order valence-corrected chi connectivity index (χ0v) is 12.0. The van der Waals surface area contributed by atoms with Gasteiger partial charge in [0.1, 0.15) is 0 Å². The largest absolute Gasteiger partial charge is 0.478 e. The van der Waals surface area contributed by atoms with Gasteiger partial charge in [-0.1, -0.05) is 6.07 Å². The Morgan fingerprint density at radius 2 is 2.19 bits per heavy atom. The molecule has 21 heavy (non-hydrogen) atoms. The van der Waals surface area contributed by atoms with Crippen LogP contribution in [0.2, 0.25) is 0 Å². The van der Waals surface area contributed by atoms with Crippen LogP contribution in [0.3, 0.4) is 0 Å². The lowest BCUT2D eigenvalue weighted by atomic mass is 9.94. The van der Waals surface area contributed by atoms with E-state index in [1.807, 2.05) is 13.0 Å². The molecule has 2 aliphatic rings. The first-order valence-electron chi connectivity index (χ1n) is 7.36. The second kappa shape index (κ2) is 5.48. The van der Waals surface area contributed by atoms with Crippen LogP contribution in [0.1, 0.15) is 35.7 Å². The van der Waals surface area contributed by atoms with E-state index in [-0.39, 0.29) is 17.9 Å². The summed E-state index contributed by atoms with van der Waals surface area (Å²) < 4.78 is 5.49. The number of ether oxygens (including phenoxy) is 1. The van der Waals surface area contributed by atoms with Gasteiger partial charge in [0, 0.05) is 12.2 Å². The van der Waals surface area contributed by atoms with Gasteiger partial charge in [0.25, 0.3) is 0 Å². The molecule has 5 nitrogen and oxygen atoms in total. The summed E-state index contributed by atoms with van der Waals surface area (Å²) in [7, 11) is 0. The van der Waals surface area contributed by atoms with Crippen LogP contribution in [-0.4, -0.2) is 36.2 Å². The lowest BCUT2D eigenvalue weighted by molar-refractivity contribution is -0.122. The lowest BCUT2D eigenvalue weighted by Crippen LogP contribution is -2.40. The quantitative estimate of drug-likeness (QED) is 0.905. The number of fused-ring (bicyclic) bond motifs is 1. The monoisotopic (exact) mass is 289 g/mol. The van der Waals surface area contributed by atoms with E-state index >= 15 is 0 Å². The maximum absolute atomic E-state index is 12.7. The van der Waals surface area contributed by atoms with Gasteiger partial charge in [0.2, 0.25) is 5.91 Å². The molecular formula is C16H19NO4. The molecule has 1 fully saturated rings. The number of carbonyl (C=O) groups excluding carboxylic acids is 1. The Morgan fingerprint density at radius 1 is 1.38 bits per heavy atom. The van der Waals surface area contributed by atoms with Crippen LogP contribution in [0.15, 0.2) is 18.2 Å². The van der Waals surface area contributed by atoms with E-state index in [4.69, 9.17) is 4.74 Å². The number of aromatic carboxylic acids is 1. The van der Waals surface area contributed by atoms with E-state index in [1.165, 1.54) is 0 Å². The number of hydrogen-bond acceptors (Lipinski definition) is 3. The second-order valence-electron chi connectivity index (χ2n) is 5.78. The number of carboxylic acids is 1. The van der Waals surface area contributed by atoms with Crippen LogP contribution in [0.25, 0.3) is 0 Å².